The molecule has 0 spiro atoms. The van der Waals surface area contributed by atoms with Gasteiger partial charge >= 0.3 is 0 Å². The van der Waals surface area contributed by atoms with Crippen molar-refractivity contribution in [3.8, 4) is 0 Å². The lowest BCUT2D eigenvalue weighted by Crippen LogP contribution is -2.53. The Bertz CT molecular complexity index is 1140. The molecule has 2 aromatic carbocycles. The molecule has 1 N–H and O–H groups in total. The highest BCUT2D eigenvalue weighted by Gasteiger charge is 2.33. The van der Waals surface area contributed by atoms with Crippen molar-refractivity contribution in [3.05, 3.63) is 65.2 Å². The Morgan fingerprint density at radius 1 is 1.03 bits per heavy atom. The first-order chi connectivity index (χ1) is 17.1. The van der Waals surface area contributed by atoms with Crippen LogP contribution in [0.1, 0.15) is 62.6 Å². The summed E-state index contributed by atoms with van der Waals surface area (Å²) in [7, 11) is -3.73. The number of anilines is 1. The number of hydrogen-bond acceptors (Lipinski definition) is 4. The van der Waals surface area contributed by atoms with Crippen molar-refractivity contribution in [2.24, 2.45) is 0 Å². The standard InChI is InChI=1S/C28H39N3O4S/c1-5-22-14-16-25(17-15-22)31(36(4,34)35)20-27(32)30(19-23-11-9-10-21(3)18-23)26(6-2)28(33)29-24-12-7-8-13-24/h9-11,14-18,24,26H,5-8,12-13,19-20H2,1-4H3,(H,29,33). The number of carbonyl (C=O) groups is 2. The van der Waals surface area contributed by atoms with Gasteiger partial charge in [0.15, 0.2) is 0 Å². The van der Waals surface area contributed by atoms with E-state index in [2.05, 4.69) is 5.32 Å². The summed E-state index contributed by atoms with van der Waals surface area (Å²) in [6.45, 7) is 5.74. The number of nitrogens with zero attached hydrogens (tertiary/aromatic N) is 2. The number of carbonyl (C=O) groups excluding carboxylic acids is 2. The molecule has 3 rings (SSSR count). The third-order valence-corrected chi connectivity index (χ3v) is 7.98. The highest BCUT2D eigenvalue weighted by Crippen LogP contribution is 2.22. The fraction of sp³-hybridized carbons (Fsp3) is 0.500. The van der Waals surface area contributed by atoms with Gasteiger partial charge in [0.1, 0.15) is 12.6 Å². The van der Waals surface area contributed by atoms with Gasteiger partial charge in [-0.3, -0.25) is 13.9 Å². The Hall–Kier alpha value is -2.87. The summed E-state index contributed by atoms with van der Waals surface area (Å²) in [5.41, 5.74) is 3.46. The van der Waals surface area contributed by atoms with Crippen LogP contribution >= 0.6 is 0 Å². The Labute approximate surface area is 215 Å². The lowest BCUT2D eigenvalue weighted by Gasteiger charge is -2.33. The van der Waals surface area contributed by atoms with Crippen LogP contribution in [0.3, 0.4) is 0 Å². The largest absolute Gasteiger partial charge is 0.352 e. The lowest BCUT2D eigenvalue weighted by molar-refractivity contribution is -0.140. The molecule has 2 amide bonds. The molecule has 1 fully saturated rings. The maximum absolute atomic E-state index is 13.8. The van der Waals surface area contributed by atoms with Crippen molar-refractivity contribution in [3.63, 3.8) is 0 Å². The van der Waals surface area contributed by atoms with Gasteiger partial charge in [0.25, 0.3) is 0 Å². The molecular formula is C28H39N3O4S. The van der Waals surface area contributed by atoms with Crippen molar-refractivity contribution in [1.29, 1.82) is 0 Å². The predicted octanol–water partition coefficient (Wildman–Crippen LogP) is 4.19. The highest BCUT2D eigenvalue weighted by atomic mass is 32.2. The van der Waals surface area contributed by atoms with E-state index in [-0.39, 0.29) is 25.0 Å². The van der Waals surface area contributed by atoms with Crippen LogP contribution in [0, 0.1) is 6.92 Å². The first kappa shape index (κ1) is 27.7. The van der Waals surface area contributed by atoms with E-state index in [0.29, 0.717) is 12.1 Å². The molecular weight excluding hydrogens is 474 g/mol. The predicted molar refractivity (Wildman–Crippen MR) is 144 cm³/mol. The molecule has 196 valence electrons. The van der Waals surface area contributed by atoms with Crippen molar-refractivity contribution in [2.75, 3.05) is 17.1 Å². The molecule has 8 heteroatoms. The van der Waals surface area contributed by atoms with Crippen LogP contribution in [0.4, 0.5) is 5.69 Å². The van der Waals surface area contributed by atoms with Crippen LogP contribution < -0.4 is 9.62 Å². The van der Waals surface area contributed by atoms with Gasteiger partial charge in [-0.2, -0.15) is 0 Å². The molecule has 0 aromatic heterocycles. The number of benzene rings is 2. The van der Waals surface area contributed by atoms with Crippen molar-refractivity contribution >= 4 is 27.5 Å². The second kappa shape index (κ2) is 12.4. The summed E-state index contributed by atoms with van der Waals surface area (Å²) in [6.07, 6.45) is 6.44. The Morgan fingerprint density at radius 2 is 1.69 bits per heavy atom. The minimum Gasteiger partial charge on any atom is -0.352 e. The van der Waals surface area contributed by atoms with E-state index in [9.17, 15) is 18.0 Å². The zero-order chi connectivity index (χ0) is 26.3. The molecule has 2 aromatic rings. The number of sulfonamides is 1. The smallest absolute Gasteiger partial charge is 0.244 e. The van der Waals surface area contributed by atoms with Crippen LogP contribution in [0.2, 0.25) is 0 Å². The fourth-order valence-corrected chi connectivity index (χ4v) is 5.66. The Kier molecular flexibility index (Phi) is 9.54. The summed E-state index contributed by atoms with van der Waals surface area (Å²) in [5.74, 6) is -0.585. The van der Waals surface area contributed by atoms with Crippen LogP contribution in [0.5, 0.6) is 0 Å². The monoisotopic (exact) mass is 513 g/mol. The number of amides is 2. The third-order valence-electron chi connectivity index (χ3n) is 6.83. The molecule has 36 heavy (non-hydrogen) atoms. The van der Waals surface area contributed by atoms with Crippen LogP contribution in [-0.2, 0) is 32.6 Å². The first-order valence-corrected chi connectivity index (χ1v) is 14.7. The minimum absolute atomic E-state index is 0.132. The zero-order valence-corrected chi connectivity index (χ0v) is 22.7. The number of rotatable bonds is 11. The van der Waals surface area contributed by atoms with E-state index in [1.54, 1.807) is 12.1 Å². The highest BCUT2D eigenvalue weighted by molar-refractivity contribution is 7.92. The van der Waals surface area contributed by atoms with Crippen LogP contribution in [-0.4, -0.2) is 50.0 Å². The van der Waals surface area contributed by atoms with Gasteiger partial charge in [-0.05, 0) is 55.9 Å². The normalized spacial score (nSPS) is 14.9. The first-order valence-electron chi connectivity index (χ1n) is 12.8. The summed E-state index contributed by atoms with van der Waals surface area (Å²) in [4.78, 5) is 28.6. The molecule has 0 bridgehead atoms. The second-order valence-electron chi connectivity index (χ2n) is 9.71. The third kappa shape index (κ3) is 7.32. The van der Waals surface area contributed by atoms with E-state index in [1.807, 2.05) is 57.2 Å². The summed E-state index contributed by atoms with van der Waals surface area (Å²) in [5, 5.41) is 3.13. The molecule has 1 aliphatic carbocycles. The summed E-state index contributed by atoms with van der Waals surface area (Å²) < 4.78 is 26.6. The maximum atomic E-state index is 13.8. The minimum atomic E-state index is -3.73. The zero-order valence-electron chi connectivity index (χ0n) is 21.9. The van der Waals surface area contributed by atoms with Gasteiger partial charge in [0.05, 0.1) is 11.9 Å². The molecule has 0 saturated heterocycles. The van der Waals surface area contributed by atoms with Crippen molar-refractivity contribution in [1.82, 2.24) is 10.2 Å². The molecule has 1 saturated carbocycles. The van der Waals surface area contributed by atoms with Gasteiger partial charge in [0.2, 0.25) is 21.8 Å². The SMILES string of the molecule is CCc1ccc(N(CC(=O)N(Cc2cccc(C)c2)C(CC)C(=O)NC2CCCC2)S(C)(=O)=O)cc1. The molecule has 0 radical (unpaired) electrons. The van der Waals surface area contributed by atoms with Gasteiger partial charge in [-0.25, -0.2) is 8.42 Å². The van der Waals surface area contributed by atoms with Gasteiger partial charge in [-0.15, -0.1) is 0 Å². The van der Waals surface area contributed by atoms with Crippen LogP contribution in [0.15, 0.2) is 48.5 Å². The molecule has 1 aliphatic rings. The van der Waals surface area contributed by atoms with E-state index in [4.69, 9.17) is 0 Å². The molecule has 1 atom stereocenters. The molecule has 7 nitrogen and oxygen atoms in total. The quantitative estimate of drug-likeness (QED) is 0.488. The van der Waals surface area contributed by atoms with Crippen LogP contribution in [0.25, 0.3) is 0 Å². The summed E-state index contributed by atoms with van der Waals surface area (Å²) >= 11 is 0. The van der Waals surface area contributed by atoms with Crippen molar-refractivity contribution < 1.29 is 18.0 Å². The van der Waals surface area contributed by atoms with E-state index in [0.717, 1.165) is 59.4 Å². The molecule has 1 unspecified atom stereocenters. The van der Waals surface area contributed by atoms with E-state index >= 15 is 0 Å². The summed E-state index contributed by atoms with van der Waals surface area (Å²) in [6, 6.07) is 14.4. The van der Waals surface area contributed by atoms with Gasteiger partial charge < -0.3 is 10.2 Å². The molecule has 0 aliphatic heterocycles. The molecule has 0 heterocycles. The second-order valence-corrected chi connectivity index (χ2v) is 11.6. The van der Waals surface area contributed by atoms with E-state index < -0.39 is 22.0 Å². The average molecular weight is 514 g/mol. The average Bonchev–Trinajstić information content (AvgIpc) is 3.34. The Morgan fingerprint density at radius 3 is 2.25 bits per heavy atom. The number of hydrogen-bond donors (Lipinski definition) is 1. The lowest BCUT2D eigenvalue weighted by atomic mass is 10.1. The number of nitrogens with one attached hydrogen (secondary N) is 1. The van der Waals surface area contributed by atoms with Crippen molar-refractivity contribution in [2.45, 2.75) is 77.9 Å². The van der Waals surface area contributed by atoms with E-state index in [1.165, 1.54) is 4.90 Å². The topological polar surface area (TPSA) is 86.8 Å². The fourth-order valence-electron chi connectivity index (χ4n) is 4.81. The maximum Gasteiger partial charge on any atom is 0.244 e. The van der Waals surface area contributed by atoms with Gasteiger partial charge in [-0.1, -0.05) is 68.7 Å². The van der Waals surface area contributed by atoms with Gasteiger partial charge in [0, 0.05) is 12.6 Å². The number of aryl methyl sites for hydroxylation is 2. The Balaban J connectivity index is 1.91.